The number of phenolic OH excluding ortho intramolecular Hbond substituents is 1. The largest absolute Gasteiger partial charge is 0.508 e. The number of rotatable bonds is 4. The van der Waals surface area contributed by atoms with Crippen molar-refractivity contribution in [3.05, 3.63) is 93.5 Å². The second-order valence-electron chi connectivity index (χ2n) is 7.88. The summed E-state index contributed by atoms with van der Waals surface area (Å²) in [5.74, 6) is -1.66. The number of halogens is 1. The van der Waals surface area contributed by atoms with Crippen molar-refractivity contribution in [2.75, 3.05) is 12.0 Å². The number of carbonyl (C=O) groups excluding carboxylic acids is 2. The van der Waals surface area contributed by atoms with Crippen LogP contribution in [0.2, 0.25) is 5.02 Å². The van der Waals surface area contributed by atoms with Crippen LogP contribution in [-0.4, -0.2) is 29.0 Å². The molecular formula is C26H22ClNO5. The molecule has 1 fully saturated rings. The van der Waals surface area contributed by atoms with E-state index in [1.807, 2.05) is 26.0 Å². The van der Waals surface area contributed by atoms with Gasteiger partial charge in [-0.05, 0) is 73.0 Å². The molecule has 0 aliphatic carbocycles. The molecule has 6 nitrogen and oxygen atoms in total. The fourth-order valence-corrected chi connectivity index (χ4v) is 4.14. The third-order valence-electron chi connectivity index (χ3n) is 5.82. The van der Waals surface area contributed by atoms with Crippen LogP contribution in [0.3, 0.4) is 0 Å². The third-order valence-corrected chi connectivity index (χ3v) is 6.14. The average molecular weight is 464 g/mol. The summed E-state index contributed by atoms with van der Waals surface area (Å²) in [5, 5.41) is 21.6. The molecule has 7 heteroatoms. The number of carbonyl (C=O) groups is 2. The number of aromatic hydroxyl groups is 1. The first-order chi connectivity index (χ1) is 15.7. The normalized spacial score (nSPS) is 17.5. The smallest absolute Gasteiger partial charge is 0.300 e. The van der Waals surface area contributed by atoms with Crippen molar-refractivity contribution in [1.82, 2.24) is 0 Å². The van der Waals surface area contributed by atoms with Crippen LogP contribution in [0, 0.1) is 13.8 Å². The molecule has 1 saturated heterocycles. The first-order valence-corrected chi connectivity index (χ1v) is 10.6. The Morgan fingerprint density at radius 2 is 1.76 bits per heavy atom. The predicted molar refractivity (Wildman–Crippen MR) is 127 cm³/mol. The van der Waals surface area contributed by atoms with E-state index in [0.29, 0.717) is 22.0 Å². The lowest BCUT2D eigenvalue weighted by molar-refractivity contribution is -0.132. The van der Waals surface area contributed by atoms with E-state index in [-0.39, 0.29) is 22.6 Å². The second-order valence-corrected chi connectivity index (χ2v) is 8.29. The molecule has 1 unspecified atom stereocenters. The number of benzene rings is 3. The summed E-state index contributed by atoms with van der Waals surface area (Å²) in [6.45, 7) is 3.87. The Balaban J connectivity index is 1.97. The number of ketones is 1. The summed E-state index contributed by atoms with van der Waals surface area (Å²) in [5.41, 5.74) is 3.17. The number of hydrogen-bond acceptors (Lipinski definition) is 5. The highest BCUT2D eigenvalue weighted by Gasteiger charge is 2.47. The number of hydrogen-bond donors (Lipinski definition) is 2. The summed E-state index contributed by atoms with van der Waals surface area (Å²) in [6, 6.07) is 15.4. The lowest BCUT2D eigenvalue weighted by Crippen LogP contribution is -2.29. The molecule has 0 aromatic heterocycles. The highest BCUT2D eigenvalue weighted by Crippen LogP contribution is 2.43. The number of anilines is 1. The quantitative estimate of drug-likeness (QED) is 0.311. The zero-order valence-electron chi connectivity index (χ0n) is 18.3. The molecule has 0 radical (unpaired) electrons. The predicted octanol–water partition coefficient (Wildman–Crippen LogP) is 5.30. The molecular weight excluding hydrogens is 442 g/mol. The van der Waals surface area contributed by atoms with Crippen molar-refractivity contribution in [3.8, 4) is 11.5 Å². The Hall–Kier alpha value is -3.77. The van der Waals surface area contributed by atoms with Crippen molar-refractivity contribution < 1.29 is 24.5 Å². The number of ether oxygens (including phenoxy) is 1. The monoisotopic (exact) mass is 463 g/mol. The number of nitrogens with zero attached hydrogens (tertiary/aromatic N) is 1. The Morgan fingerprint density at radius 3 is 2.42 bits per heavy atom. The molecule has 4 rings (SSSR count). The zero-order valence-corrected chi connectivity index (χ0v) is 19.1. The number of methoxy groups -OCH3 is 1. The summed E-state index contributed by atoms with van der Waals surface area (Å²) < 4.78 is 5.23. The van der Waals surface area contributed by atoms with E-state index < -0.39 is 17.7 Å². The highest BCUT2D eigenvalue weighted by molar-refractivity contribution is 6.51. The number of phenols is 1. The molecule has 1 heterocycles. The maximum atomic E-state index is 13.2. The lowest BCUT2D eigenvalue weighted by atomic mass is 9.94. The van der Waals surface area contributed by atoms with Gasteiger partial charge >= 0.3 is 0 Å². The van der Waals surface area contributed by atoms with Crippen LogP contribution in [0.25, 0.3) is 5.76 Å². The van der Waals surface area contributed by atoms with Gasteiger partial charge in [0.15, 0.2) is 0 Å². The molecule has 3 aromatic carbocycles. The topological polar surface area (TPSA) is 87.1 Å². The molecule has 168 valence electrons. The van der Waals surface area contributed by atoms with E-state index in [4.69, 9.17) is 16.3 Å². The van der Waals surface area contributed by atoms with Crippen LogP contribution in [0.15, 0.2) is 66.2 Å². The van der Waals surface area contributed by atoms with Crippen molar-refractivity contribution >= 4 is 34.7 Å². The molecule has 2 N–H and O–H groups in total. The van der Waals surface area contributed by atoms with Gasteiger partial charge in [0.2, 0.25) is 0 Å². The van der Waals surface area contributed by atoms with Gasteiger partial charge in [-0.15, -0.1) is 0 Å². The van der Waals surface area contributed by atoms with E-state index in [1.54, 1.807) is 24.3 Å². The van der Waals surface area contributed by atoms with Crippen molar-refractivity contribution in [1.29, 1.82) is 0 Å². The van der Waals surface area contributed by atoms with Gasteiger partial charge in [-0.25, -0.2) is 0 Å². The van der Waals surface area contributed by atoms with E-state index in [0.717, 1.165) is 11.1 Å². The maximum absolute atomic E-state index is 13.2. The van der Waals surface area contributed by atoms with E-state index in [2.05, 4.69) is 0 Å². The third kappa shape index (κ3) is 3.94. The standard InChI is InChI=1S/C26H22ClNO5/c1-14-7-9-18(11-15(14)2)28-23(16-5-4-6-19(29)12-16)22(25(31)26(28)32)24(30)17-8-10-20(27)21(13-17)33-3/h4-13,23,29-30H,1-3H3/b24-22+. The van der Waals surface area contributed by atoms with Gasteiger partial charge in [0.25, 0.3) is 11.7 Å². The molecule has 33 heavy (non-hydrogen) atoms. The van der Waals surface area contributed by atoms with E-state index >= 15 is 0 Å². The van der Waals surface area contributed by atoms with Gasteiger partial charge in [0, 0.05) is 11.3 Å². The summed E-state index contributed by atoms with van der Waals surface area (Å²) in [7, 11) is 1.44. The highest BCUT2D eigenvalue weighted by atomic mass is 35.5. The van der Waals surface area contributed by atoms with Gasteiger partial charge in [-0.3, -0.25) is 14.5 Å². The SMILES string of the molecule is COc1cc(/C(O)=C2\C(=O)C(=O)N(c3ccc(C)c(C)c3)C2c2cccc(O)c2)ccc1Cl. The van der Waals surface area contributed by atoms with Gasteiger partial charge in [0.1, 0.15) is 17.3 Å². The summed E-state index contributed by atoms with van der Waals surface area (Å²) in [4.78, 5) is 27.8. The lowest BCUT2D eigenvalue weighted by Gasteiger charge is -2.26. The minimum absolute atomic E-state index is 0.0219. The van der Waals surface area contributed by atoms with Gasteiger partial charge in [-0.1, -0.05) is 29.8 Å². The first kappa shape index (κ1) is 22.4. The second kappa shape index (κ2) is 8.64. The fourth-order valence-electron chi connectivity index (χ4n) is 3.95. The van der Waals surface area contributed by atoms with Crippen LogP contribution >= 0.6 is 11.6 Å². The molecule has 1 aliphatic heterocycles. The molecule has 0 bridgehead atoms. The summed E-state index contributed by atoms with van der Waals surface area (Å²) in [6.07, 6.45) is 0. The van der Waals surface area contributed by atoms with E-state index in [1.165, 1.54) is 36.3 Å². The van der Waals surface area contributed by atoms with Crippen LogP contribution in [0.1, 0.15) is 28.3 Å². The Morgan fingerprint density at radius 1 is 1.00 bits per heavy atom. The molecule has 1 atom stereocenters. The van der Waals surface area contributed by atoms with Gasteiger partial charge in [-0.2, -0.15) is 0 Å². The van der Waals surface area contributed by atoms with Crippen molar-refractivity contribution in [2.24, 2.45) is 0 Å². The van der Waals surface area contributed by atoms with Gasteiger partial charge in [0.05, 0.1) is 23.7 Å². The first-order valence-electron chi connectivity index (χ1n) is 10.2. The number of amides is 1. The van der Waals surface area contributed by atoms with Crippen LogP contribution in [0.5, 0.6) is 11.5 Å². The van der Waals surface area contributed by atoms with Crippen LogP contribution in [-0.2, 0) is 9.59 Å². The molecule has 1 amide bonds. The van der Waals surface area contributed by atoms with Crippen molar-refractivity contribution in [3.63, 3.8) is 0 Å². The Kier molecular flexibility index (Phi) is 5.87. The van der Waals surface area contributed by atoms with Gasteiger partial charge < -0.3 is 14.9 Å². The van der Waals surface area contributed by atoms with Crippen LogP contribution < -0.4 is 9.64 Å². The Labute approximate surface area is 196 Å². The fraction of sp³-hybridized carbons (Fsp3) is 0.154. The maximum Gasteiger partial charge on any atom is 0.300 e. The molecule has 0 spiro atoms. The van der Waals surface area contributed by atoms with Crippen molar-refractivity contribution in [2.45, 2.75) is 19.9 Å². The minimum Gasteiger partial charge on any atom is -0.508 e. The number of Topliss-reactive ketones (excluding diaryl/α,β-unsaturated/α-hetero) is 1. The molecule has 3 aromatic rings. The average Bonchev–Trinajstić information content (AvgIpc) is 3.06. The minimum atomic E-state index is -0.944. The number of aliphatic hydroxyl groups excluding tert-OH is 1. The molecule has 0 saturated carbocycles. The molecule has 1 aliphatic rings. The van der Waals surface area contributed by atoms with E-state index in [9.17, 15) is 19.8 Å². The zero-order chi connectivity index (χ0) is 23.9. The summed E-state index contributed by atoms with van der Waals surface area (Å²) >= 11 is 6.11. The number of aliphatic hydroxyl groups is 1. The number of aryl methyl sites for hydroxylation is 2. The van der Waals surface area contributed by atoms with Crippen LogP contribution in [0.4, 0.5) is 5.69 Å². The Bertz CT molecular complexity index is 1310.